The molecule has 0 aliphatic heterocycles. The van der Waals surface area contributed by atoms with Crippen molar-refractivity contribution in [1.82, 2.24) is 0 Å². The number of allylic oxidation sites excluding steroid dienone is 4. The Kier molecular flexibility index (Phi) is 13.8. The summed E-state index contributed by atoms with van der Waals surface area (Å²) >= 11 is 0. The molecule has 7 atom stereocenters. The van der Waals surface area contributed by atoms with Gasteiger partial charge in [-0.2, -0.15) is 0 Å². The van der Waals surface area contributed by atoms with Crippen LogP contribution in [0.4, 0.5) is 0 Å². The van der Waals surface area contributed by atoms with E-state index in [2.05, 4.69) is 81.7 Å². The maximum atomic E-state index is 11.3. The van der Waals surface area contributed by atoms with Crippen LogP contribution in [0.15, 0.2) is 34.1 Å². The molecule has 3 fully saturated rings. The zero-order valence-electron chi connectivity index (χ0n) is 34.3. The van der Waals surface area contributed by atoms with Crippen molar-refractivity contribution in [1.29, 1.82) is 0 Å². The maximum Gasteiger partial charge on any atom is 0.248 e. The van der Waals surface area contributed by atoms with Gasteiger partial charge in [0, 0.05) is 16.9 Å². The lowest BCUT2D eigenvalue weighted by molar-refractivity contribution is -0.210. The fourth-order valence-corrected chi connectivity index (χ4v) is 17.8. The molecule has 294 valence electrons. The van der Waals surface area contributed by atoms with Crippen LogP contribution < -0.4 is 4.89 Å². The molecule has 4 aliphatic rings. The van der Waals surface area contributed by atoms with Crippen molar-refractivity contribution in [3.05, 3.63) is 23.8 Å². The Hall–Kier alpha value is -0.722. The molecule has 1 N–H and O–H groups in total. The molecule has 0 unspecified atom stereocenters. The number of oxime groups is 2. The van der Waals surface area contributed by atoms with Crippen LogP contribution in [0.1, 0.15) is 46.0 Å². The Morgan fingerprint density at radius 2 is 1.51 bits per heavy atom. The second-order valence-electron chi connectivity index (χ2n) is 19.0. The van der Waals surface area contributed by atoms with Crippen molar-refractivity contribution in [3.63, 3.8) is 0 Å². The van der Waals surface area contributed by atoms with Gasteiger partial charge in [-0.15, -0.1) is 0 Å². The Morgan fingerprint density at radius 3 is 1.98 bits per heavy atom. The summed E-state index contributed by atoms with van der Waals surface area (Å²) in [4.78, 5) is 21.7. The van der Waals surface area contributed by atoms with Crippen LogP contribution in [-0.2, 0) is 31.5 Å². The molecule has 0 aromatic carbocycles. The highest BCUT2D eigenvalue weighted by Crippen LogP contribution is 2.69. The van der Waals surface area contributed by atoms with Crippen molar-refractivity contribution < 1.29 is 41.5 Å². The highest BCUT2D eigenvalue weighted by molar-refractivity contribution is 7.49. The molecule has 16 heteroatoms. The van der Waals surface area contributed by atoms with Gasteiger partial charge in [-0.3, -0.25) is 4.57 Å². The Labute approximate surface area is 312 Å². The first-order chi connectivity index (χ1) is 23.1. The molecule has 51 heavy (non-hydrogen) atoms. The molecule has 4 rings (SSSR count). The molecule has 0 amide bonds. The molecule has 0 heterocycles. The number of aliphatic hydroxyl groups is 1. The van der Waals surface area contributed by atoms with Crippen molar-refractivity contribution in [2.45, 2.75) is 136 Å². The third-order valence-electron chi connectivity index (χ3n) is 10.4. The first-order valence-corrected chi connectivity index (χ1v) is 33.5. The zero-order valence-corrected chi connectivity index (χ0v) is 39.2. The average molecular weight is 804 g/mol. The van der Waals surface area contributed by atoms with Crippen LogP contribution in [0, 0.1) is 28.6 Å². The smallest absolute Gasteiger partial charge is 0.248 e. The van der Waals surface area contributed by atoms with Gasteiger partial charge in [-0.05, 0) is 141 Å². The average Bonchev–Trinajstić information content (AvgIpc) is 3.19. The minimum atomic E-state index is -4.06. The summed E-state index contributed by atoms with van der Waals surface area (Å²) in [6.45, 7) is 29.1. The van der Waals surface area contributed by atoms with Crippen molar-refractivity contribution >= 4 is 52.5 Å². The van der Waals surface area contributed by atoms with E-state index in [1.807, 2.05) is 39.3 Å². The lowest BCUT2D eigenvalue weighted by atomic mass is 9.46. The molecule has 0 spiro atoms. The first-order valence-electron chi connectivity index (χ1n) is 18.4. The number of nitrogens with zero attached hydrogens (tertiary/aromatic N) is 2. The second kappa shape index (κ2) is 15.8. The van der Waals surface area contributed by atoms with Crippen LogP contribution in [0.25, 0.3) is 0 Å². The lowest BCUT2D eigenvalue weighted by Crippen LogP contribution is -2.65. The Bertz CT molecular complexity index is 1400. The summed E-state index contributed by atoms with van der Waals surface area (Å²) in [6.07, 6.45) is 11.8. The van der Waals surface area contributed by atoms with Crippen molar-refractivity contribution in [2.75, 3.05) is 20.8 Å². The topological polar surface area (TPSA) is 140 Å². The van der Waals surface area contributed by atoms with E-state index in [1.165, 1.54) is 5.57 Å². The fraction of sp³-hybridized carbons (Fsp3) is 0.829. The molecule has 3 saturated carbocycles. The van der Waals surface area contributed by atoms with Crippen LogP contribution >= 0.6 is 7.82 Å². The van der Waals surface area contributed by atoms with E-state index in [9.17, 15) is 14.6 Å². The van der Waals surface area contributed by atoms with Crippen LogP contribution in [0.5, 0.6) is 0 Å². The van der Waals surface area contributed by atoms with Gasteiger partial charge in [0.1, 0.15) is 31.2 Å². The van der Waals surface area contributed by atoms with Crippen molar-refractivity contribution in [3.8, 4) is 0 Å². The van der Waals surface area contributed by atoms with E-state index in [-0.39, 0.29) is 23.5 Å². The Morgan fingerprint density at radius 1 is 0.922 bits per heavy atom. The van der Waals surface area contributed by atoms with E-state index in [0.29, 0.717) is 23.5 Å². The third-order valence-corrected chi connectivity index (χ3v) is 18.5. The quantitative estimate of drug-likeness (QED) is 0.0893. The highest BCUT2D eigenvalue weighted by atomic mass is 31.2. The van der Waals surface area contributed by atoms with Gasteiger partial charge in [0.2, 0.25) is 7.82 Å². The number of hydrogen-bond acceptors (Lipinski definition) is 11. The molecular weight excluding hydrogens is 736 g/mol. The van der Waals surface area contributed by atoms with E-state index >= 15 is 0 Å². The van der Waals surface area contributed by atoms with Gasteiger partial charge in [0.15, 0.2) is 33.3 Å². The summed E-state index contributed by atoms with van der Waals surface area (Å²) in [7, 11) is -8.94. The fourth-order valence-electron chi connectivity index (χ4n) is 9.27. The number of hydrogen-bond donors (Lipinski definition) is 1. The molecule has 4 aliphatic carbocycles. The summed E-state index contributed by atoms with van der Waals surface area (Å²) in [6, 6.07) is 0. The van der Waals surface area contributed by atoms with Crippen LogP contribution in [0.2, 0.25) is 78.6 Å². The molecule has 0 bridgehead atoms. The number of aliphatic hydroxyl groups excluding tert-OH is 1. The molecule has 11 nitrogen and oxygen atoms in total. The maximum absolute atomic E-state index is 11.3. The minimum absolute atomic E-state index is 0.0809. The monoisotopic (exact) mass is 803 g/mol. The number of fused-ring (bicyclic) bond motifs is 5. The molecule has 0 aromatic rings. The molecular formula is C35H68N2O9PSi4-. The zero-order chi connectivity index (χ0) is 39.1. The second-order valence-corrected chi connectivity index (χ2v) is 38.7. The summed E-state index contributed by atoms with van der Waals surface area (Å²) in [5.41, 5.74) is 1.98. The summed E-state index contributed by atoms with van der Waals surface area (Å²) in [5.74, 6) is 1.30. The van der Waals surface area contributed by atoms with E-state index < -0.39 is 46.7 Å². The first kappa shape index (κ1) is 44.7. The predicted octanol–water partition coefficient (Wildman–Crippen LogP) is 8.30. The van der Waals surface area contributed by atoms with Crippen LogP contribution in [-0.4, -0.2) is 82.3 Å². The predicted molar refractivity (Wildman–Crippen MR) is 215 cm³/mol. The van der Waals surface area contributed by atoms with Gasteiger partial charge in [-0.1, -0.05) is 35.8 Å². The third kappa shape index (κ3) is 10.7. The van der Waals surface area contributed by atoms with E-state index in [1.54, 1.807) is 14.2 Å². The minimum Gasteiger partial charge on any atom is -0.757 e. The van der Waals surface area contributed by atoms with Gasteiger partial charge in [-0.25, -0.2) is 0 Å². The molecule has 0 radical (unpaired) electrons. The lowest BCUT2D eigenvalue weighted by Gasteiger charge is -2.62. The van der Waals surface area contributed by atoms with Crippen molar-refractivity contribution in [2.24, 2.45) is 38.9 Å². The van der Waals surface area contributed by atoms with Gasteiger partial charge in [0.05, 0.1) is 6.61 Å². The highest BCUT2D eigenvalue weighted by Gasteiger charge is 2.69. The van der Waals surface area contributed by atoms with Gasteiger partial charge >= 0.3 is 0 Å². The molecule has 0 saturated heterocycles. The largest absolute Gasteiger partial charge is 0.757 e. The summed E-state index contributed by atoms with van der Waals surface area (Å²) in [5, 5.41) is 19.2. The van der Waals surface area contributed by atoms with Gasteiger partial charge < -0.3 is 37.0 Å². The number of rotatable bonds is 12. The van der Waals surface area contributed by atoms with E-state index in [0.717, 1.165) is 37.8 Å². The summed E-state index contributed by atoms with van der Waals surface area (Å²) < 4.78 is 35.5. The SMILES string of the molecule is CO/N=C1/C=C[C@@]2(C)C(=C1)CC[C@@H]1[C@@H]2[C@@H](O[Si](C)(C)C)C[C@@]2(C)[C@H]1CC[C@]2(O[Si](C)(C)C)/C(CO)=N/OC.C[Si](C)(C)OP(=O)([O-])O[Si](C)(C)C. The molecule has 0 aromatic heterocycles. The standard InChI is InChI=1S/C29H50N2O5Si2.C6H19O4PSi2/c1-27-15-13-21(30-33-3)17-20(27)11-12-22-23-14-16-29(36-38(8,9)10,25(19-32)31-34-4)28(23,2)18-24(26(22)27)35-37(5,6)7;1-12(2,3)9-11(7,8)10-13(4,5)6/h13,15,17,22-24,26,32H,11-12,14,16,18-19H2,1-10H3;1-6H3,(H,7,8)/p-1/b30-21-,31-25+;/t22-,23-,24-,26+,27-,28-,29-;/m0./s1. The van der Waals surface area contributed by atoms with Gasteiger partial charge in [0.25, 0.3) is 0 Å². The number of phosphoric acid groups is 1. The normalized spacial score (nSPS) is 33.8. The van der Waals surface area contributed by atoms with E-state index in [4.69, 9.17) is 27.0 Å². The van der Waals surface area contributed by atoms with Crippen LogP contribution in [0.3, 0.4) is 0 Å². The Balaban J connectivity index is 0.000000460.